The summed E-state index contributed by atoms with van der Waals surface area (Å²) < 4.78 is 1.79. The lowest BCUT2D eigenvalue weighted by Gasteiger charge is -2.18. The number of pyridine rings is 1. The van der Waals surface area contributed by atoms with Crippen LogP contribution in [0.4, 0.5) is 5.95 Å². The largest absolute Gasteiger partial charge is 0.351 e. The SMILES string of the molecule is CN1CCCC1CNc1nc2ccccn2n1. The van der Waals surface area contributed by atoms with Crippen LogP contribution in [0.5, 0.6) is 0 Å². The molecule has 0 spiro atoms. The lowest BCUT2D eigenvalue weighted by Crippen LogP contribution is -2.31. The van der Waals surface area contributed by atoms with Crippen molar-refractivity contribution in [3.63, 3.8) is 0 Å². The summed E-state index contributed by atoms with van der Waals surface area (Å²) in [5.74, 6) is 0.719. The summed E-state index contributed by atoms with van der Waals surface area (Å²) in [7, 11) is 2.18. The zero-order valence-electron chi connectivity index (χ0n) is 10.0. The van der Waals surface area contributed by atoms with Gasteiger partial charge in [-0.05, 0) is 38.6 Å². The fourth-order valence-corrected chi connectivity index (χ4v) is 2.35. The molecule has 90 valence electrons. The van der Waals surface area contributed by atoms with Gasteiger partial charge in [0.25, 0.3) is 0 Å². The van der Waals surface area contributed by atoms with Crippen molar-refractivity contribution in [1.82, 2.24) is 19.5 Å². The van der Waals surface area contributed by atoms with Gasteiger partial charge in [0.15, 0.2) is 5.65 Å². The quantitative estimate of drug-likeness (QED) is 0.863. The Kier molecular flexibility index (Phi) is 2.68. The highest BCUT2D eigenvalue weighted by Crippen LogP contribution is 2.15. The number of rotatable bonds is 3. The van der Waals surface area contributed by atoms with E-state index in [0.29, 0.717) is 6.04 Å². The maximum absolute atomic E-state index is 4.42. The molecule has 1 atom stereocenters. The Hall–Kier alpha value is -1.62. The van der Waals surface area contributed by atoms with Crippen molar-refractivity contribution < 1.29 is 0 Å². The number of hydrogen-bond acceptors (Lipinski definition) is 4. The minimum absolute atomic E-state index is 0.613. The zero-order chi connectivity index (χ0) is 11.7. The number of hydrogen-bond donors (Lipinski definition) is 1. The minimum atomic E-state index is 0.613. The van der Waals surface area contributed by atoms with Crippen LogP contribution in [0.15, 0.2) is 24.4 Å². The molecule has 1 fully saturated rings. The fraction of sp³-hybridized carbons (Fsp3) is 0.500. The Morgan fingerprint density at radius 2 is 2.41 bits per heavy atom. The summed E-state index contributed by atoms with van der Waals surface area (Å²) in [6, 6.07) is 6.50. The second kappa shape index (κ2) is 4.33. The summed E-state index contributed by atoms with van der Waals surface area (Å²) >= 11 is 0. The molecule has 1 saturated heterocycles. The van der Waals surface area contributed by atoms with Crippen molar-refractivity contribution >= 4 is 11.6 Å². The molecule has 1 aliphatic rings. The molecule has 1 unspecified atom stereocenters. The Labute approximate surface area is 100 Å². The monoisotopic (exact) mass is 231 g/mol. The van der Waals surface area contributed by atoms with Crippen LogP contribution in [0.1, 0.15) is 12.8 Å². The summed E-state index contributed by atoms with van der Waals surface area (Å²) in [6.45, 7) is 2.12. The fourth-order valence-electron chi connectivity index (χ4n) is 2.35. The van der Waals surface area contributed by atoms with E-state index in [1.54, 1.807) is 4.52 Å². The Morgan fingerprint density at radius 1 is 1.47 bits per heavy atom. The van der Waals surface area contributed by atoms with Crippen LogP contribution in [0.2, 0.25) is 0 Å². The maximum atomic E-state index is 4.42. The Bertz CT molecular complexity index is 473. The van der Waals surface area contributed by atoms with Crippen LogP contribution in [0.3, 0.4) is 0 Å². The first kappa shape index (κ1) is 10.5. The molecular weight excluding hydrogens is 214 g/mol. The molecular formula is C12H17N5. The van der Waals surface area contributed by atoms with Gasteiger partial charge in [0.2, 0.25) is 5.95 Å². The molecule has 0 bridgehead atoms. The number of aromatic nitrogens is 3. The van der Waals surface area contributed by atoms with Gasteiger partial charge >= 0.3 is 0 Å². The van der Waals surface area contributed by atoms with Crippen LogP contribution in [-0.2, 0) is 0 Å². The molecule has 5 heteroatoms. The van der Waals surface area contributed by atoms with Crippen molar-refractivity contribution in [1.29, 1.82) is 0 Å². The van der Waals surface area contributed by atoms with E-state index in [0.717, 1.165) is 18.1 Å². The third-order valence-electron chi connectivity index (χ3n) is 3.41. The predicted octanol–water partition coefficient (Wildman–Crippen LogP) is 1.24. The average Bonchev–Trinajstić information content (AvgIpc) is 2.92. The number of likely N-dealkylation sites (N-methyl/N-ethyl adjacent to an activating group) is 1. The van der Waals surface area contributed by atoms with Gasteiger partial charge in [-0.25, -0.2) is 4.52 Å². The number of anilines is 1. The van der Waals surface area contributed by atoms with Crippen molar-refractivity contribution in [2.75, 3.05) is 25.5 Å². The lowest BCUT2D eigenvalue weighted by atomic mass is 10.2. The standard InChI is InChI=1S/C12H17N5/c1-16-7-4-5-10(16)9-13-12-14-11-6-2-3-8-17(11)15-12/h2-3,6,8,10H,4-5,7,9H2,1H3,(H,13,15). The third-order valence-corrected chi connectivity index (χ3v) is 3.41. The molecule has 3 rings (SSSR count). The van der Waals surface area contributed by atoms with Gasteiger partial charge in [-0.15, -0.1) is 5.10 Å². The first-order valence-electron chi connectivity index (χ1n) is 6.08. The predicted molar refractivity (Wildman–Crippen MR) is 67.1 cm³/mol. The summed E-state index contributed by atoms with van der Waals surface area (Å²) in [6.07, 6.45) is 4.47. The van der Waals surface area contributed by atoms with Crippen molar-refractivity contribution in [2.45, 2.75) is 18.9 Å². The summed E-state index contributed by atoms with van der Waals surface area (Å²) in [5.41, 5.74) is 0.884. The number of fused-ring (bicyclic) bond motifs is 1. The number of nitrogens with zero attached hydrogens (tertiary/aromatic N) is 4. The topological polar surface area (TPSA) is 45.5 Å². The minimum Gasteiger partial charge on any atom is -0.351 e. The van der Waals surface area contributed by atoms with E-state index in [4.69, 9.17) is 0 Å². The molecule has 0 aliphatic carbocycles. The van der Waals surface area contributed by atoms with Gasteiger partial charge in [-0.3, -0.25) is 0 Å². The lowest BCUT2D eigenvalue weighted by molar-refractivity contribution is 0.322. The molecule has 2 aromatic heterocycles. The van der Waals surface area contributed by atoms with Crippen molar-refractivity contribution in [3.8, 4) is 0 Å². The highest BCUT2D eigenvalue weighted by Gasteiger charge is 2.20. The second-order valence-electron chi connectivity index (χ2n) is 4.60. The molecule has 0 amide bonds. The highest BCUT2D eigenvalue weighted by atomic mass is 15.3. The van der Waals surface area contributed by atoms with Crippen molar-refractivity contribution in [3.05, 3.63) is 24.4 Å². The maximum Gasteiger partial charge on any atom is 0.243 e. The van der Waals surface area contributed by atoms with Gasteiger partial charge in [-0.2, -0.15) is 4.98 Å². The first-order valence-corrected chi connectivity index (χ1v) is 6.08. The highest BCUT2D eigenvalue weighted by molar-refractivity contribution is 5.42. The van der Waals surface area contributed by atoms with E-state index in [2.05, 4.69) is 27.3 Å². The average molecular weight is 231 g/mol. The zero-order valence-corrected chi connectivity index (χ0v) is 10.0. The number of nitrogens with one attached hydrogen (secondary N) is 1. The molecule has 0 saturated carbocycles. The second-order valence-corrected chi connectivity index (χ2v) is 4.60. The molecule has 5 nitrogen and oxygen atoms in total. The smallest absolute Gasteiger partial charge is 0.243 e. The van der Waals surface area contributed by atoms with E-state index in [1.165, 1.54) is 19.4 Å². The Balaban J connectivity index is 1.68. The number of likely N-dealkylation sites (tertiary alicyclic amines) is 1. The normalized spacial score (nSPS) is 21.1. The molecule has 2 aromatic rings. The molecule has 1 N–H and O–H groups in total. The Morgan fingerprint density at radius 3 is 3.18 bits per heavy atom. The molecule has 0 aromatic carbocycles. The van der Waals surface area contributed by atoms with Gasteiger partial charge in [0, 0.05) is 18.8 Å². The van der Waals surface area contributed by atoms with E-state index in [1.807, 2.05) is 24.4 Å². The van der Waals surface area contributed by atoms with E-state index >= 15 is 0 Å². The van der Waals surface area contributed by atoms with Crippen LogP contribution in [-0.4, -0.2) is 45.7 Å². The van der Waals surface area contributed by atoms with Crippen molar-refractivity contribution in [2.24, 2.45) is 0 Å². The van der Waals surface area contributed by atoms with Gasteiger partial charge in [0.05, 0.1) is 0 Å². The first-order chi connectivity index (χ1) is 8.33. The third kappa shape index (κ3) is 2.10. The van der Waals surface area contributed by atoms with Gasteiger partial charge < -0.3 is 10.2 Å². The molecule has 17 heavy (non-hydrogen) atoms. The van der Waals surface area contributed by atoms with E-state index in [9.17, 15) is 0 Å². The van der Waals surface area contributed by atoms with Crippen LogP contribution in [0, 0.1) is 0 Å². The molecule has 0 radical (unpaired) electrons. The van der Waals surface area contributed by atoms with Gasteiger partial charge in [-0.1, -0.05) is 6.07 Å². The van der Waals surface area contributed by atoms with E-state index < -0.39 is 0 Å². The van der Waals surface area contributed by atoms with Gasteiger partial charge in [0.1, 0.15) is 0 Å². The molecule has 1 aliphatic heterocycles. The van der Waals surface area contributed by atoms with Crippen LogP contribution < -0.4 is 5.32 Å². The van der Waals surface area contributed by atoms with E-state index in [-0.39, 0.29) is 0 Å². The molecule has 3 heterocycles. The summed E-state index contributed by atoms with van der Waals surface area (Å²) in [5, 5.41) is 7.70. The van der Waals surface area contributed by atoms with Crippen LogP contribution >= 0.6 is 0 Å². The van der Waals surface area contributed by atoms with Crippen LogP contribution in [0.25, 0.3) is 5.65 Å². The summed E-state index contributed by atoms with van der Waals surface area (Å²) in [4.78, 5) is 6.81.